The molecule has 0 saturated carbocycles. The summed E-state index contributed by atoms with van der Waals surface area (Å²) in [6.45, 7) is 3.87. The molecule has 0 spiro atoms. The van der Waals surface area contributed by atoms with E-state index in [1.54, 1.807) is 0 Å². The van der Waals surface area contributed by atoms with Crippen molar-refractivity contribution in [2.24, 2.45) is 5.73 Å². The molecule has 0 aliphatic carbocycles. The summed E-state index contributed by atoms with van der Waals surface area (Å²) < 4.78 is 33.3. The van der Waals surface area contributed by atoms with Crippen LogP contribution in [0.15, 0.2) is 0 Å². The zero-order chi connectivity index (χ0) is 70.0. The molecule has 9 nitrogen and oxygen atoms in total. The van der Waals surface area contributed by atoms with Gasteiger partial charge in [0, 0.05) is 19.4 Å². The number of carbonyl (C=O) groups is 2. The maximum absolute atomic E-state index is 12.8. The molecule has 0 radical (unpaired) electrons. The van der Waals surface area contributed by atoms with Gasteiger partial charge in [0.05, 0.1) is 13.2 Å². The van der Waals surface area contributed by atoms with Crippen molar-refractivity contribution < 1.29 is 37.6 Å². The Morgan fingerprint density at radius 3 is 0.629 bits per heavy atom. The molecule has 0 rings (SSSR count). The second-order valence-corrected chi connectivity index (χ2v) is 32.3. The monoisotopic (exact) mass is 1390 g/mol. The quantitative estimate of drug-likeness (QED) is 0.0347. The second kappa shape index (κ2) is 84.0. The Balaban J connectivity index is 3.67. The molecular weight excluding hydrogens is 1220 g/mol. The molecule has 0 fully saturated rings. The molecule has 2 atom stereocenters. The van der Waals surface area contributed by atoms with Crippen molar-refractivity contribution in [2.75, 3.05) is 26.4 Å². The SMILES string of the molecule is CCCCCCCCCCCCCCCCCCCCCCCCCCCCCCCCCCCCCCCCCCCC(=O)OC(COC(=O)CCCCCCCCCCCCCCCCCCCCCCCCCCCCCCCCCCCCC)COP(=O)(O)OCCN. The fraction of sp³-hybridized carbons (Fsp3) is 0.977. The van der Waals surface area contributed by atoms with Gasteiger partial charge in [0.15, 0.2) is 6.10 Å². The van der Waals surface area contributed by atoms with Gasteiger partial charge in [-0.2, -0.15) is 0 Å². The lowest BCUT2D eigenvalue weighted by atomic mass is 10.0. The van der Waals surface area contributed by atoms with Crippen LogP contribution in [-0.4, -0.2) is 49.3 Å². The van der Waals surface area contributed by atoms with E-state index in [1.165, 1.54) is 449 Å². The van der Waals surface area contributed by atoms with E-state index in [-0.39, 0.29) is 32.1 Å². The van der Waals surface area contributed by atoms with E-state index in [0.29, 0.717) is 12.8 Å². The topological polar surface area (TPSA) is 134 Å². The largest absolute Gasteiger partial charge is 0.472 e. The van der Waals surface area contributed by atoms with Gasteiger partial charge in [-0.3, -0.25) is 18.6 Å². The van der Waals surface area contributed by atoms with Crippen molar-refractivity contribution in [3.63, 3.8) is 0 Å². The third-order valence-corrected chi connectivity index (χ3v) is 22.0. The smallest absolute Gasteiger partial charge is 0.462 e. The maximum Gasteiger partial charge on any atom is 0.472 e. The Morgan fingerprint density at radius 1 is 0.268 bits per heavy atom. The van der Waals surface area contributed by atoms with Gasteiger partial charge in [-0.05, 0) is 12.8 Å². The van der Waals surface area contributed by atoms with Crippen LogP contribution < -0.4 is 5.73 Å². The molecule has 0 heterocycles. The molecule has 97 heavy (non-hydrogen) atoms. The van der Waals surface area contributed by atoms with Crippen LogP contribution in [0.25, 0.3) is 0 Å². The maximum atomic E-state index is 12.8. The summed E-state index contributed by atoms with van der Waals surface area (Å²) in [5, 5.41) is 0. The zero-order valence-electron chi connectivity index (χ0n) is 65.9. The molecular formula is C87H174NO8P. The van der Waals surface area contributed by atoms with Crippen LogP contribution in [0.3, 0.4) is 0 Å². The van der Waals surface area contributed by atoms with Gasteiger partial charge in [-0.1, -0.05) is 489 Å². The molecule has 0 bridgehead atoms. The second-order valence-electron chi connectivity index (χ2n) is 30.8. The van der Waals surface area contributed by atoms with Gasteiger partial charge in [-0.15, -0.1) is 0 Å². The first-order chi connectivity index (χ1) is 47.8. The molecule has 0 aromatic carbocycles. The Labute approximate surface area is 607 Å². The summed E-state index contributed by atoms with van der Waals surface area (Å²) in [6.07, 6.45) is 105. The first-order valence-corrected chi connectivity index (χ1v) is 46.0. The number of hydrogen-bond acceptors (Lipinski definition) is 8. The summed E-state index contributed by atoms with van der Waals surface area (Å²) in [5.41, 5.74) is 5.43. The van der Waals surface area contributed by atoms with Crippen molar-refractivity contribution in [3.8, 4) is 0 Å². The molecule has 0 amide bonds. The van der Waals surface area contributed by atoms with Crippen molar-refractivity contribution >= 4 is 19.8 Å². The molecule has 0 aromatic rings. The Hall–Kier alpha value is -0.990. The van der Waals surface area contributed by atoms with Crippen molar-refractivity contribution in [1.29, 1.82) is 0 Å². The zero-order valence-corrected chi connectivity index (χ0v) is 66.8. The highest BCUT2D eigenvalue weighted by atomic mass is 31.2. The first-order valence-electron chi connectivity index (χ1n) is 44.5. The number of phosphoric ester groups is 1. The molecule has 0 aromatic heterocycles. The summed E-state index contributed by atoms with van der Waals surface area (Å²) in [4.78, 5) is 35.5. The predicted molar refractivity (Wildman–Crippen MR) is 423 cm³/mol. The van der Waals surface area contributed by atoms with Crippen LogP contribution in [0.4, 0.5) is 0 Å². The van der Waals surface area contributed by atoms with Gasteiger partial charge in [0.2, 0.25) is 0 Å². The van der Waals surface area contributed by atoms with Crippen LogP contribution in [-0.2, 0) is 32.7 Å². The van der Waals surface area contributed by atoms with Gasteiger partial charge >= 0.3 is 19.8 Å². The lowest BCUT2D eigenvalue weighted by Crippen LogP contribution is -2.29. The van der Waals surface area contributed by atoms with E-state index < -0.39 is 26.5 Å². The number of hydrogen-bond donors (Lipinski definition) is 2. The number of esters is 2. The average Bonchev–Trinajstić information content (AvgIpc) is 2.57. The minimum atomic E-state index is -4.39. The van der Waals surface area contributed by atoms with Crippen LogP contribution in [0.1, 0.15) is 515 Å². The van der Waals surface area contributed by atoms with Crippen LogP contribution >= 0.6 is 7.82 Å². The summed E-state index contributed by atoms with van der Waals surface area (Å²) in [5.74, 6) is -0.792. The molecule has 580 valence electrons. The summed E-state index contributed by atoms with van der Waals surface area (Å²) in [6, 6.07) is 0. The minimum Gasteiger partial charge on any atom is -0.462 e. The highest BCUT2D eigenvalue weighted by Gasteiger charge is 2.26. The Bertz CT molecular complexity index is 1550. The third-order valence-electron chi connectivity index (χ3n) is 21.0. The van der Waals surface area contributed by atoms with Crippen LogP contribution in [0.2, 0.25) is 0 Å². The lowest BCUT2D eigenvalue weighted by molar-refractivity contribution is -0.161. The van der Waals surface area contributed by atoms with E-state index in [1.807, 2.05) is 0 Å². The van der Waals surface area contributed by atoms with Gasteiger partial charge in [0.25, 0.3) is 0 Å². The van der Waals surface area contributed by atoms with Gasteiger partial charge < -0.3 is 20.1 Å². The molecule has 0 aliphatic rings. The normalized spacial score (nSPS) is 12.7. The van der Waals surface area contributed by atoms with Crippen molar-refractivity contribution in [1.82, 2.24) is 0 Å². The van der Waals surface area contributed by atoms with Gasteiger partial charge in [-0.25, -0.2) is 4.57 Å². The van der Waals surface area contributed by atoms with Crippen LogP contribution in [0.5, 0.6) is 0 Å². The first kappa shape index (κ1) is 96.0. The highest BCUT2D eigenvalue weighted by molar-refractivity contribution is 7.47. The van der Waals surface area contributed by atoms with Crippen LogP contribution in [0, 0.1) is 0 Å². The lowest BCUT2D eigenvalue weighted by Gasteiger charge is -2.19. The predicted octanol–water partition coefficient (Wildman–Crippen LogP) is 30.0. The number of carbonyl (C=O) groups excluding carboxylic acids is 2. The number of phosphoric acid groups is 1. The van der Waals surface area contributed by atoms with Crippen molar-refractivity contribution in [3.05, 3.63) is 0 Å². The van der Waals surface area contributed by atoms with E-state index in [4.69, 9.17) is 24.3 Å². The molecule has 10 heteroatoms. The van der Waals surface area contributed by atoms with Gasteiger partial charge in [0.1, 0.15) is 6.61 Å². The minimum absolute atomic E-state index is 0.0591. The van der Waals surface area contributed by atoms with E-state index in [0.717, 1.165) is 32.1 Å². The fourth-order valence-corrected chi connectivity index (χ4v) is 15.2. The molecule has 0 aliphatic heterocycles. The van der Waals surface area contributed by atoms with Crippen molar-refractivity contribution in [2.45, 2.75) is 521 Å². The molecule has 3 N–H and O–H groups in total. The third kappa shape index (κ3) is 83.8. The molecule has 0 saturated heterocycles. The average molecular weight is 1390 g/mol. The Morgan fingerprint density at radius 2 is 0.443 bits per heavy atom. The summed E-state index contributed by atoms with van der Waals surface area (Å²) in [7, 11) is -4.39. The number of ether oxygens (including phenoxy) is 2. The number of rotatable bonds is 87. The van der Waals surface area contributed by atoms with E-state index in [9.17, 15) is 19.0 Å². The number of unbranched alkanes of at least 4 members (excludes halogenated alkanes) is 74. The van der Waals surface area contributed by atoms with E-state index >= 15 is 0 Å². The Kier molecular flexibility index (Phi) is 83.1. The summed E-state index contributed by atoms with van der Waals surface area (Å²) >= 11 is 0. The standard InChI is InChI=1S/C87H174NO8P/c1-3-5-7-9-11-13-15-17-19-21-23-25-27-29-31-33-35-37-39-40-41-42-43-44-46-48-50-52-54-56-58-60-62-64-66-68-70-72-74-76-78-80-87(90)96-85(84-95-97(91,92)94-82-81-88)83-93-86(89)79-77-75-73-71-69-67-65-63-61-59-57-55-53-51-49-47-45-38-36-34-32-30-28-26-24-22-20-18-16-14-12-10-8-6-4-2/h85H,3-84,88H2,1-2H3,(H,91,92). The fourth-order valence-electron chi connectivity index (χ4n) is 14.4. The number of nitrogens with two attached hydrogens (primary N) is 1. The van der Waals surface area contributed by atoms with E-state index in [2.05, 4.69) is 13.8 Å². The molecule has 2 unspecified atom stereocenters. The highest BCUT2D eigenvalue weighted by Crippen LogP contribution is 2.43.